The predicted molar refractivity (Wildman–Crippen MR) is 118 cm³/mol. The topological polar surface area (TPSA) is 120 Å². The van der Waals surface area contributed by atoms with Crippen molar-refractivity contribution < 1.29 is 48.2 Å². The SMILES string of the molecule is OC[C@H]1OC(O)(c2ccc(Cl)c(Cc3ccc(OCC4(C(F)(F)F)CC4)cc3)c2)[C@H](O)[C@@H](O)[C@@H]1O. The molecular formula is C24H26ClF3O7. The summed E-state index contributed by atoms with van der Waals surface area (Å²) in [7, 11) is 0. The van der Waals surface area contributed by atoms with Crippen molar-refractivity contribution in [3.05, 3.63) is 64.2 Å². The summed E-state index contributed by atoms with van der Waals surface area (Å²) in [4.78, 5) is 0. The van der Waals surface area contributed by atoms with Gasteiger partial charge in [0.2, 0.25) is 5.79 Å². The molecule has 7 nitrogen and oxygen atoms in total. The van der Waals surface area contributed by atoms with Crippen LogP contribution in [0.2, 0.25) is 5.02 Å². The molecule has 0 spiro atoms. The van der Waals surface area contributed by atoms with E-state index in [4.69, 9.17) is 21.1 Å². The quantitative estimate of drug-likeness (QED) is 0.381. The minimum absolute atomic E-state index is 0.0515. The molecular weight excluding hydrogens is 493 g/mol. The van der Waals surface area contributed by atoms with Crippen LogP contribution in [0.25, 0.3) is 0 Å². The number of aliphatic hydroxyl groups excluding tert-OH is 4. The molecule has 0 aromatic heterocycles. The van der Waals surface area contributed by atoms with Gasteiger partial charge in [-0.15, -0.1) is 0 Å². The largest absolute Gasteiger partial charge is 0.493 e. The summed E-state index contributed by atoms with van der Waals surface area (Å²) in [6.07, 6.45) is -10.5. The Morgan fingerprint density at radius 2 is 1.69 bits per heavy atom. The molecule has 192 valence electrons. The Hall–Kier alpha value is -1.92. The highest BCUT2D eigenvalue weighted by Crippen LogP contribution is 2.57. The lowest BCUT2D eigenvalue weighted by atomic mass is 9.87. The van der Waals surface area contributed by atoms with Gasteiger partial charge < -0.3 is 35.0 Å². The molecule has 2 aromatic carbocycles. The highest BCUT2D eigenvalue weighted by molar-refractivity contribution is 6.31. The fourth-order valence-corrected chi connectivity index (χ4v) is 4.32. The lowest BCUT2D eigenvalue weighted by molar-refractivity contribution is -0.357. The highest BCUT2D eigenvalue weighted by atomic mass is 35.5. The molecule has 1 aliphatic heterocycles. The van der Waals surface area contributed by atoms with E-state index < -0.39 is 55.0 Å². The Bertz CT molecular complexity index is 1040. The number of benzene rings is 2. The van der Waals surface area contributed by atoms with Crippen LogP contribution < -0.4 is 4.74 Å². The smallest absolute Gasteiger partial charge is 0.397 e. The summed E-state index contributed by atoms with van der Waals surface area (Å²) in [6, 6.07) is 10.8. The second-order valence-electron chi connectivity index (χ2n) is 9.16. The van der Waals surface area contributed by atoms with Crippen LogP contribution in [0.1, 0.15) is 29.5 Å². The first-order valence-corrected chi connectivity index (χ1v) is 11.4. The van der Waals surface area contributed by atoms with E-state index in [0.717, 1.165) is 5.56 Å². The van der Waals surface area contributed by atoms with Crippen LogP contribution in [0.4, 0.5) is 13.2 Å². The van der Waals surface area contributed by atoms with Crippen LogP contribution in [0, 0.1) is 5.41 Å². The minimum atomic E-state index is -4.29. The number of alkyl halides is 3. The van der Waals surface area contributed by atoms with E-state index in [2.05, 4.69) is 0 Å². The standard InChI is InChI=1S/C24H26ClF3O7/c25-17-6-3-15(23(33)21(32)20(31)19(30)18(11-29)35-23)10-14(17)9-13-1-4-16(5-2-13)34-12-22(7-8-22)24(26,27)28/h1-6,10,18-21,29-33H,7-9,11-12H2/t18-,19-,20+,21-,23?/m1/s1. The third-order valence-electron chi connectivity index (χ3n) is 6.71. The molecule has 0 amide bonds. The molecule has 1 aliphatic carbocycles. The maximum Gasteiger partial charge on any atom is 0.397 e. The zero-order chi connectivity index (χ0) is 25.6. The van der Waals surface area contributed by atoms with Gasteiger partial charge in [0.05, 0.1) is 6.61 Å². The normalized spacial score (nSPS) is 30.2. The third-order valence-corrected chi connectivity index (χ3v) is 7.08. The van der Waals surface area contributed by atoms with Gasteiger partial charge in [0, 0.05) is 10.6 Å². The van der Waals surface area contributed by atoms with Gasteiger partial charge in [-0.2, -0.15) is 13.2 Å². The van der Waals surface area contributed by atoms with E-state index in [-0.39, 0.29) is 24.8 Å². The van der Waals surface area contributed by atoms with E-state index in [1.54, 1.807) is 24.3 Å². The van der Waals surface area contributed by atoms with E-state index >= 15 is 0 Å². The first-order chi connectivity index (χ1) is 16.4. The first-order valence-electron chi connectivity index (χ1n) is 11.0. The van der Waals surface area contributed by atoms with Gasteiger partial charge in [-0.3, -0.25) is 0 Å². The molecule has 1 unspecified atom stereocenters. The lowest BCUT2D eigenvalue weighted by Crippen LogP contribution is -2.63. The van der Waals surface area contributed by atoms with E-state index in [9.17, 15) is 38.7 Å². The number of hydrogen-bond donors (Lipinski definition) is 5. The highest BCUT2D eigenvalue weighted by Gasteiger charge is 2.64. The van der Waals surface area contributed by atoms with Gasteiger partial charge in [-0.05, 0) is 54.7 Å². The van der Waals surface area contributed by atoms with Crippen LogP contribution in [0.15, 0.2) is 42.5 Å². The van der Waals surface area contributed by atoms with Gasteiger partial charge in [0.15, 0.2) is 0 Å². The molecule has 5 atom stereocenters. The molecule has 4 rings (SSSR count). The van der Waals surface area contributed by atoms with Crippen molar-refractivity contribution in [3.8, 4) is 5.75 Å². The molecule has 2 aromatic rings. The number of hydrogen-bond acceptors (Lipinski definition) is 7. The molecule has 0 radical (unpaired) electrons. The fourth-order valence-electron chi connectivity index (χ4n) is 4.13. The van der Waals surface area contributed by atoms with Gasteiger partial charge >= 0.3 is 6.18 Å². The minimum Gasteiger partial charge on any atom is -0.493 e. The maximum absolute atomic E-state index is 13.1. The summed E-state index contributed by atoms with van der Waals surface area (Å²) >= 11 is 6.31. The summed E-state index contributed by atoms with van der Waals surface area (Å²) in [5.74, 6) is -2.11. The zero-order valence-corrected chi connectivity index (χ0v) is 19.2. The predicted octanol–water partition coefficient (Wildman–Crippen LogP) is 2.27. The van der Waals surface area contributed by atoms with Gasteiger partial charge in [0.1, 0.15) is 42.2 Å². The zero-order valence-electron chi connectivity index (χ0n) is 18.5. The Morgan fingerprint density at radius 3 is 2.26 bits per heavy atom. The number of ether oxygens (including phenoxy) is 2. The van der Waals surface area contributed by atoms with Crippen molar-refractivity contribution in [2.75, 3.05) is 13.2 Å². The number of rotatable bonds is 7. The number of aliphatic hydroxyl groups is 5. The van der Waals surface area contributed by atoms with Crippen LogP contribution in [0.5, 0.6) is 5.75 Å². The van der Waals surface area contributed by atoms with Crippen LogP contribution in [-0.2, 0) is 16.9 Å². The van der Waals surface area contributed by atoms with E-state index in [1.165, 1.54) is 18.2 Å². The average Bonchev–Trinajstić information content (AvgIpc) is 3.62. The van der Waals surface area contributed by atoms with Crippen LogP contribution in [0.3, 0.4) is 0 Å². The molecule has 1 heterocycles. The molecule has 1 saturated heterocycles. The second-order valence-corrected chi connectivity index (χ2v) is 9.56. The van der Waals surface area contributed by atoms with Crippen molar-refractivity contribution in [3.63, 3.8) is 0 Å². The van der Waals surface area contributed by atoms with E-state index in [1.807, 2.05) is 0 Å². The molecule has 5 N–H and O–H groups in total. The molecule has 35 heavy (non-hydrogen) atoms. The summed E-state index contributed by atoms with van der Waals surface area (Å²) in [5.41, 5.74) is -0.438. The Kier molecular flexibility index (Phi) is 7.11. The number of halogens is 4. The van der Waals surface area contributed by atoms with Gasteiger partial charge in [-0.1, -0.05) is 29.8 Å². The summed E-state index contributed by atoms with van der Waals surface area (Å²) < 4.78 is 49.9. The lowest BCUT2D eigenvalue weighted by Gasteiger charge is -2.45. The van der Waals surface area contributed by atoms with Crippen molar-refractivity contribution in [2.45, 2.75) is 55.6 Å². The first kappa shape index (κ1) is 26.2. The molecule has 11 heteroatoms. The monoisotopic (exact) mass is 518 g/mol. The van der Waals surface area contributed by atoms with Crippen molar-refractivity contribution in [1.29, 1.82) is 0 Å². The van der Waals surface area contributed by atoms with E-state index in [0.29, 0.717) is 16.3 Å². The Labute approximate surface area is 204 Å². The maximum atomic E-state index is 13.1. The van der Waals surface area contributed by atoms with Crippen LogP contribution in [-0.4, -0.2) is 69.3 Å². The van der Waals surface area contributed by atoms with Gasteiger partial charge in [0.25, 0.3) is 0 Å². The Morgan fingerprint density at radius 1 is 1.03 bits per heavy atom. The average molecular weight is 519 g/mol. The fraction of sp³-hybridized carbons (Fsp3) is 0.500. The second kappa shape index (κ2) is 9.51. The third kappa shape index (κ3) is 5.01. The van der Waals surface area contributed by atoms with Crippen molar-refractivity contribution in [2.24, 2.45) is 5.41 Å². The van der Waals surface area contributed by atoms with Crippen LogP contribution >= 0.6 is 11.6 Å². The molecule has 2 aliphatic rings. The summed E-state index contributed by atoms with van der Waals surface area (Å²) in [5, 5.41) is 51.2. The summed E-state index contributed by atoms with van der Waals surface area (Å²) in [6.45, 7) is -1.13. The molecule has 0 bridgehead atoms. The van der Waals surface area contributed by atoms with Crippen molar-refractivity contribution >= 4 is 11.6 Å². The Balaban J connectivity index is 1.49. The molecule has 2 fully saturated rings. The molecule has 1 saturated carbocycles. The van der Waals surface area contributed by atoms with Crippen molar-refractivity contribution in [1.82, 2.24) is 0 Å². The van der Waals surface area contributed by atoms with Gasteiger partial charge in [-0.25, -0.2) is 0 Å².